The molecular formula is C18H14N4O7S. The predicted molar refractivity (Wildman–Crippen MR) is 105 cm³/mol. The Morgan fingerprint density at radius 2 is 2.13 bits per heavy atom. The van der Waals surface area contributed by atoms with Crippen molar-refractivity contribution in [2.75, 3.05) is 6.79 Å². The van der Waals surface area contributed by atoms with Gasteiger partial charge in [-0.05, 0) is 18.6 Å². The quantitative estimate of drug-likeness (QED) is 0.249. The average Bonchev–Trinajstić information content (AvgIpc) is 3.36. The van der Waals surface area contributed by atoms with E-state index in [4.69, 9.17) is 14.2 Å². The van der Waals surface area contributed by atoms with Crippen LogP contribution >= 0.6 is 11.3 Å². The van der Waals surface area contributed by atoms with E-state index in [-0.39, 0.29) is 41.7 Å². The molecule has 1 aliphatic heterocycles. The number of hydrogen-bond acceptors (Lipinski definition) is 10. The highest BCUT2D eigenvalue weighted by molar-refractivity contribution is 7.16. The van der Waals surface area contributed by atoms with Crippen LogP contribution in [0.15, 0.2) is 29.1 Å². The van der Waals surface area contributed by atoms with E-state index in [0.717, 1.165) is 11.1 Å². The van der Waals surface area contributed by atoms with Gasteiger partial charge in [0.2, 0.25) is 11.8 Å². The Bertz CT molecular complexity index is 1250. The lowest BCUT2D eigenvalue weighted by Gasteiger charge is -2.02. The minimum absolute atomic E-state index is 0.0292. The number of ether oxygens (including phenoxy) is 3. The van der Waals surface area contributed by atoms with Crippen LogP contribution in [-0.4, -0.2) is 32.3 Å². The molecule has 0 saturated heterocycles. The zero-order chi connectivity index (χ0) is 21.3. The SMILES string of the molecule is CCc1nn2c(=O)cc(COC(=O)/C=C/c3cc4c(cc3[N+](=O)[O-])OCO4)nc2s1. The van der Waals surface area contributed by atoms with Crippen LogP contribution in [0.2, 0.25) is 0 Å². The molecule has 0 N–H and O–H groups in total. The van der Waals surface area contributed by atoms with Crippen LogP contribution in [0.5, 0.6) is 11.5 Å². The highest BCUT2D eigenvalue weighted by atomic mass is 32.1. The van der Waals surface area contributed by atoms with E-state index in [1.54, 1.807) is 0 Å². The molecule has 154 valence electrons. The van der Waals surface area contributed by atoms with Gasteiger partial charge in [0.05, 0.1) is 22.2 Å². The molecule has 4 rings (SSSR count). The van der Waals surface area contributed by atoms with E-state index in [9.17, 15) is 19.7 Å². The first-order chi connectivity index (χ1) is 14.4. The van der Waals surface area contributed by atoms with E-state index in [1.165, 1.54) is 40.1 Å². The molecule has 0 fully saturated rings. The van der Waals surface area contributed by atoms with Crippen LogP contribution in [0.25, 0.3) is 11.0 Å². The van der Waals surface area contributed by atoms with Crippen molar-refractivity contribution >= 4 is 34.0 Å². The second-order valence-corrected chi connectivity index (χ2v) is 7.13. The fourth-order valence-corrected chi connectivity index (χ4v) is 3.56. The molecule has 30 heavy (non-hydrogen) atoms. The normalized spacial score (nSPS) is 12.6. The average molecular weight is 430 g/mol. The van der Waals surface area contributed by atoms with Gasteiger partial charge in [-0.2, -0.15) is 9.61 Å². The van der Waals surface area contributed by atoms with E-state index < -0.39 is 10.9 Å². The van der Waals surface area contributed by atoms with Gasteiger partial charge in [-0.15, -0.1) is 0 Å². The molecule has 0 atom stereocenters. The van der Waals surface area contributed by atoms with Gasteiger partial charge in [-0.25, -0.2) is 9.78 Å². The monoisotopic (exact) mass is 430 g/mol. The molecule has 0 unspecified atom stereocenters. The van der Waals surface area contributed by atoms with Crippen molar-refractivity contribution in [1.29, 1.82) is 0 Å². The van der Waals surface area contributed by atoms with Crippen LogP contribution in [0, 0.1) is 10.1 Å². The molecule has 2 aromatic heterocycles. The summed E-state index contributed by atoms with van der Waals surface area (Å²) in [6, 6.07) is 3.89. The first kappa shape index (κ1) is 19.5. The van der Waals surface area contributed by atoms with E-state index in [2.05, 4.69) is 10.1 Å². The summed E-state index contributed by atoms with van der Waals surface area (Å²) in [5.74, 6) is -0.131. The molecule has 11 nitrogen and oxygen atoms in total. The number of aromatic nitrogens is 3. The lowest BCUT2D eigenvalue weighted by Crippen LogP contribution is -2.16. The predicted octanol–water partition coefficient (Wildman–Crippen LogP) is 2.11. The van der Waals surface area contributed by atoms with Crippen LogP contribution in [-0.2, 0) is 22.6 Å². The Labute approximate surface area is 172 Å². The van der Waals surface area contributed by atoms with Gasteiger partial charge in [-0.1, -0.05) is 18.3 Å². The van der Waals surface area contributed by atoms with Gasteiger partial charge < -0.3 is 14.2 Å². The summed E-state index contributed by atoms with van der Waals surface area (Å²) in [6.45, 7) is 1.66. The van der Waals surface area contributed by atoms with Gasteiger partial charge in [-0.3, -0.25) is 14.9 Å². The number of benzene rings is 1. The number of fused-ring (bicyclic) bond motifs is 2. The number of aryl methyl sites for hydroxylation is 1. The van der Waals surface area contributed by atoms with E-state index in [0.29, 0.717) is 17.1 Å². The summed E-state index contributed by atoms with van der Waals surface area (Å²) in [6.07, 6.45) is 2.98. The summed E-state index contributed by atoms with van der Waals surface area (Å²) >= 11 is 1.28. The van der Waals surface area contributed by atoms with E-state index in [1.807, 2.05) is 6.92 Å². The Morgan fingerprint density at radius 1 is 1.37 bits per heavy atom. The van der Waals surface area contributed by atoms with Crippen molar-refractivity contribution in [3.05, 3.63) is 61.0 Å². The molecule has 0 amide bonds. The highest BCUT2D eigenvalue weighted by Crippen LogP contribution is 2.38. The summed E-state index contributed by atoms with van der Waals surface area (Å²) in [7, 11) is 0. The first-order valence-corrected chi connectivity index (χ1v) is 9.58. The minimum atomic E-state index is -0.748. The summed E-state index contributed by atoms with van der Waals surface area (Å²) in [5.41, 5.74) is -0.160. The molecule has 0 spiro atoms. The Hall–Kier alpha value is -3.80. The molecule has 0 bridgehead atoms. The van der Waals surface area contributed by atoms with Crippen molar-refractivity contribution in [1.82, 2.24) is 14.6 Å². The van der Waals surface area contributed by atoms with Crippen molar-refractivity contribution in [2.45, 2.75) is 20.0 Å². The van der Waals surface area contributed by atoms with Gasteiger partial charge in [0, 0.05) is 12.1 Å². The largest absolute Gasteiger partial charge is 0.456 e. The van der Waals surface area contributed by atoms with Crippen molar-refractivity contribution in [3.8, 4) is 11.5 Å². The number of nitrogens with zero attached hydrogens (tertiary/aromatic N) is 4. The zero-order valence-corrected chi connectivity index (χ0v) is 16.4. The lowest BCUT2D eigenvalue weighted by atomic mass is 10.1. The van der Waals surface area contributed by atoms with Crippen molar-refractivity contribution < 1.29 is 23.9 Å². The number of carbonyl (C=O) groups excluding carboxylic acids is 1. The third kappa shape index (κ3) is 3.85. The molecule has 0 saturated carbocycles. The first-order valence-electron chi connectivity index (χ1n) is 8.76. The van der Waals surface area contributed by atoms with Crippen LogP contribution in [0.3, 0.4) is 0 Å². The van der Waals surface area contributed by atoms with Gasteiger partial charge >= 0.3 is 5.97 Å². The molecule has 1 aliphatic rings. The number of nitro benzene ring substituents is 1. The number of nitro groups is 1. The highest BCUT2D eigenvalue weighted by Gasteiger charge is 2.22. The van der Waals surface area contributed by atoms with Crippen molar-refractivity contribution in [3.63, 3.8) is 0 Å². The molecule has 0 radical (unpaired) electrons. The van der Waals surface area contributed by atoms with Crippen LogP contribution < -0.4 is 15.0 Å². The molecule has 3 aromatic rings. The number of rotatable bonds is 6. The Kier molecular flexibility index (Phi) is 5.14. The Morgan fingerprint density at radius 3 is 2.87 bits per heavy atom. The van der Waals surface area contributed by atoms with Crippen LogP contribution in [0.4, 0.5) is 5.69 Å². The lowest BCUT2D eigenvalue weighted by molar-refractivity contribution is -0.385. The fraction of sp³-hybridized carbons (Fsp3) is 0.222. The van der Waals surface area contributed by atoms with E-state index >= 15 is 0 Å². The van der Waals surface area contributed by atoms with Gasteiger partial charge in [0.25, 0.3) is 11.2 Å². The maximum absolute atomic E-state index is 12.1. The number of esters is 1. The van der Waals surface area contributed by atoms with Gasteiger partial charge in [0.15, 0.2) is 11.5 Å². The molecule has 12 heteroatoms. The zero-order valence-electron chi connectivity index (χ0n) is 15.6. The van der Waals surface area contributed by atoms with Crippen molar-refractivity contribution in [2.24, 2.45) is 0 Å². The maximum atomic E-state index is 12.1. The summed E-state index contributed by atoms with van der Waals surface area (Å²) in [4.78, 5) is 39.5. The Balaban J connectivity index is 1.48. The molecule has 3 heterocycles. The third-order valence-electron chi connectivity index (χ3n) is 4.12. The third-order valence-corrected chi connectivity index (χ3v) is 5.17. The topological polar surface area (TPSA) is 135 Å². The van der Waals surface area contributed by atoms with Gasteiger partial charge in [0.1, 0.15) is 11.6 Å². The smallest absolute Gasteiger partial charge is 0.331 e. The number of carbonyl (C=O) groups is 1. The number of hydrogen-bond donors (Lipinski definition) is 0. The molecule has 0 aliphatic carbocycles. The second-order valence-electron chi connectivity index (χ2n) is 6.09. The van der Waals surface area contributed by atoms with Crippen LogP contribution in [0.1, 0.15) is 23.2 Å². The maximum Gasteiger partial charge on any atom is 0.331 e. The minimum Gasteiger partial charge on any atom is -0.456 e. The summed E-state index contributed by atoms with van der Waals surface area (Å²) in [5, 5.41) is 16.2. The second kappa shape index (κ2) is 7.91. The standard InChI is InChI=1S/C18H14N4O7S/c1-2-15-20-21-16(23)6-11(19-18(21)30-15)8-27-17(24)4-3-10-5-13-14(29-9-28-13)7-12(10)22(25)26/h3-7H,2,8-9H2,1H3/b4-3+. The molecule has 1 aromatic carbocycles. The fourth-order valence-electron chi connectivity index (χ4n) is 2.70. The summed E-state index contributed by atoms with van der Waals surface area (Å²) < 4.78 is 16.6. The molecular weight excluding hydrogens is 416 g/mol.